The van der Waals surface area contributed by atoms with Crippen molar-refractivity contribution < 1.29 is 4.79 Å². The molecule has 0 fully saturated rings. The van der Waals surface area contributed by atoms with E-state index in [1.54, 1.807) is 11.6 Å². The molecule has 1 aromatic rings. The van der Waals surface area contributed by atoms with Crippen molar-refractivity contribution in [2.45, 2.75) is 26.3 Å². The summed E-state index contributed by atoms with van der Waals surface area (Å²) in [5.74, 6) is 0.396. The smallest absolute Gasteiger partial charge is 0.239 e. The van der Waals surface area contributed by atoms with Crippen LogP contribution in [0.2, 0.25) is 0 Å². The van der Waals surface area contributed by atoms with Gasteiger partial charge in [-0.2, -0.15) is 0 Å². The lowest BCUT2D eigenvalue weighted by molar-refractivity contribution is -0.121. The molecular formula is C13H23N5O. The molecule has 1 amide bonds. The Morgan fingerprint density at radius 3 is 2.79 bits per heavy atom. The maximum Gasteiger partial charge on any atom is 0.239 e. The molecular weight excluding hydrogens is 242 g/mol. The van der Waals surface area contributed by atoms with Gasteiger partial charge in [-0.25, -0.2) is 0 Å². The van der Waals surface area contributed by atoms with Gasteiger partial charge in [0.15, 0.2) is 0 Å². The number of amides is 1. The summed E-state index contributed by atoms with van der Waals surface area (Å²) >= 11 is 0. The van der Waals surface area contributed by atoms with Crippen LogP contribution in [0.5, 0.6) is 0 Å². The lowest BCUT2D eigenvalue weighted by atomic mass is 10.3. The Bertz CT molecular complexity index is 450. The highest BCUT2D eigenvalue weighted by atomic mass is 16.1. The number of nitrogens with two attached hydrogens (primary N) is 1. The van der Waals surface area contributed by atoms with Crippen LogP contribution in [-0.2, 0) is 11.3 Å². The minimum absolute atomic E-state index is 0.0686. The number of likely N-dealkylation sites (N-methyl/N-ethyl adjacent to an activating group) is 1. The fraction of sp³-hybridized carbons (Fsp3) is 0.538. The number of nitrogens with one attached hydrogen (secondary N) is 2. The molecule has 0 aromatic carbocycles. The van der Waals surface area contributed by atoms with Crippen LogP contribution >= 0.6 is 0 Å². The molecule has 0 aliphatic heterocycles. The van der Waals surface area contributed by atoms with E-state index in [1.165, 1.54) is 0 Å². The van der Waals surface area contributed by atoms with Crippen molar-refractivity contribution in [3.8, 4) is 0 Å². The summed E-state index contributed by atoms with van der Waals surface area (Å²) in [4.78, 5) is 15.8. The van der Waals surface area contributed by atoms with Gasteiger partial charge in [0.1, 0.15) is 18.1 Å². The van der Waals surface area contributed by atoms with E-state index in [1.807, 2.05) is 19.3 Å². The van der Waals surface area contributed by atoms with Crippen molar-refractivity contribution in [2.24, 2.45) is 10.7 Å². The Labute approximate surface area is 114 Å². The number of nitrogens with zero attached hydrogens (tertiary/aromatic N) is 2. The maximum atomic E-state index is 11.5. The average molecular weight is 265 g/mol. The molecule has 0 radical (unpaired) electrons. The predicted molar refractivity (Wildman–Crippen MR) is 78.5 cm³/mol. The molecule has 1 aromatic heterocycles. The van der Waals surface area contributed by atoms with Gasteiger partial charge in [0.25, 0.3) is 0 Å². The van der Waals surface area contributed by atoms with Crippen LogP contribution in [0.1, 0.15) is 25.5 Å². The fourth-order valence-corrected chi connectivity index (χ4v) is 1.76. The number of unbranched alkanes of at least 4 members (excludes halogenated alkanes) is 1. The summed E-state index contributed by atoms with van der Waals surface area (Å²) in [6.45, 7) is 3.05. The summed E-state index contributed by atoms with van der Waals surface area (Å²) in [5, 5.41) is 5.66. The first kappa shape index (κ1) is 15.1. The summed E-state index contributed by atoms with van der Waals surface area (Å²) in [6.07, 6.45) is 3.92. The van der Waals surface area contributed by atoms with E-state index in [0.717, 1.165) is 24.2 Å². The topological polar surface area (TPSA) is 84.4 Å². The summed E-state index contributed by atoms with van der Waals surface area (Å²) in [7, 11) is 3.44. The van der Waals surface area contributed by atoms with Crippen molar-refractivity contribution in [1.29, 1.82) is 0 Å². The zero-order valence-corrected chi connectivity index (χ0v) is 11.9. The molecule has 0 aliphatic rings. The minimum Gasteiger partial charge on any atom is -0.386 e. The highest BCUT2D eigenvalue weighted by Crippen LogP contribution is 2.16. The van der Waals surface area contributed by atoms with Crippen LogP contribution in [0.3, 0.4) is 0 Å². The van der Waals surface area contributed by atoms with Crippen molar-refractivity contribution in [3.63, 3.8) is 0 Å². The number of hydrogen-bond donors (Lipinski definition) is 3. The van der Waals surface area contributed by atoms with E-state index in [0.29, 0.717) is 12.4 Å². The van der Waals surface area contributed by atoms with Crippen molar-refractivity contribution in [2.75, 3.05) is 26.0 Å². The third-order valence-electron chi connectivity index (χ3n) is 2.86. The molecule has 0 atom stereocenters. The minimum atomic E-state index is -0.0686. The number of carbonyl (C=O) groups excluding carboxylic acids is 1. The normalized spacial score (nSPS) is 11.4. The molecule has 1 heterocycles. The van der Waals surface area contributed by atoms with E-state index < -0.39 is 0 Å². The van der Waals surface area contributed by atoms with Gasteiger partial charge in [-0.1, -0.05) is 13.3 Å². The molecule has 0 saturated heterocycles. The first-order chi connectivity index (χ1) is 9.13. The zero-order valence-electron chi connectivity index (χ0n) is 11.9. The molecule has 19 heavy (non-hydrogen) atoms. The third-order valence-corrected chi connectivity index (χ3v) is 2.86. The van der Waals surface area contributed by atoms with Crippen molar-refractivity contribution in [3.05, 3.63) is 18.0 Å². The van der Waals surface area contributed by atoms with Crippen molar-refractivity contribution >= 4 is 17.4 Å². The predicted octanol–water partition coefficient (Wildman–Crippen LogP) is 0.781. The Kier molecular flexibility index (Phi) is 5.92. The van der Waals surface area contributed by atoms with Crippen LogP contribution in [-0.4, -0.2) is 36.9 Å². The zero-order chi connectivity index (χ0) is 14.3. The Hall–Kier alpha value is -1.98. The second-order valence-corrected chi connectivity index (χ2v) is 4.25. The largest absolute Gasteiger partial charge is 0.386 e. The standard InChI is InChI=1S/C13H23N5O/c1-4-5-7-17-13(14)12-10(15-2)6-8-18(12)9-11(19)16-3/h6,8,15H,4-5,7,9H2,1-3H3,(H2,14,17)(H,16,19). The van der Waals surface area contributed by atoms with E-state index in [9.17, 15) is 4.79 Å². The van der Waals surface area contributed by atoms with Gasteiger partial charge >= 0.3 is 0 Å². The van der Waals surface area contributed by atoms with Crippen LogP contribution in [0.25, 0.3) is 0 Å². The summed E-state index contributed by atoms with van der Waals surface area (Å²) in [5.41, 5.74) is 7.67. The van der Waals surface area contributed by atoms with Gasteiger partial charge in [0, 0.05) is 26.8 Å². The number of aliphatic imine (C=N–C) groups is 1. The summed E-state index contributed by atoms with van der Waals surface area (Å²) in [6, 6.07) is 1.89. The van der Waals surface area contributed by atoms with Crippen molar-refractivity contribution in [1.82, 2.24) is 9.88 Å². The Morgan fingerprint density at radius 2 is 2.21 bits per heavy atom. The molecule has 4 N–H and O–H groups in total. The van der Waals surface area contributed by atoms with Gasteiger partial charge in [-0.15, -0.1) is 0 Å². The first-order valence-electron chi connectivity index (χ1n) is 6.51. The quantitative estimate of drug-likeness (QED) is 0.387. The lowest BCUT2D eigenvalue weighted by Gasteiger charge is -2.10. The molecule has 106 valence electrons. The van der Waals surface area contributed by atoms with Crippen LogP contribution in [0, 0.1) is 0 Å². The maximum absolute atomic E-state index is 11.5. The Balaban J connectivity index is 2.98. The van der Waals surface area contributed by atoms with Gasteiger partial charge in [0.05, 0.1) is 5.69 Å². The highest BCUT2D eigenvalue weighted by molar-refractivity contribution is 6.01. The first-order valence-corrected chi connectivity index (χ1v) is 6.51. The number of amidine groups is 1. The second kappa shape index (κ2) is 7.45. The summed E-state index contributed by atoms with van der Waals surface area (Å²) < 4.78 is 1.80. The number of carbonyl (C=O) groups is 1. The average Bonchev–Trinajstić information content (AvgIpc) is 2.81. The molecule has 0 aliphatic carbocycles. The number of aromatic nitrogens is 1. The molecule has 0 bridgehead atoms. The van der Waals surface area contributed by atoms with Gasteiger partial charge < -0.3 is 20.9 Å². The third kappa shape index (κ3) is 4.01. The van der Waals surface area contributed by atoms with Crippen LogP contribution in [0.4, 0.5) is 5.69 Å². The van der Waals surface area contributed by atoms with Gasteiger partial charge in [0.2, 0.25) is 5.91 Å². The monoisotopic (exact) mass is 265 g/mol. The van der Waals surface area contributed by atoms with E-state index >= 15 is 0 Å². The SMILES string of the molecule is CCCCN=C(N)c1c(NC)ccn1CC(=O)NC. The number of anilines is 1. The van der Waals surface area contributed by atoms with Crippen LogP contribution < -0.4 is 16.4 Å². The molecule has 0 saturated carbocycles. The van der Waals surface area contributed by atoms with Gasteiger partial charge in [-0.3, -0.25) is 9.79 Å². The Morgan fingerprint density at radius 1 is 1.47 bits per heavy atom. The van der Waals surface area contributed by atoms with E-state index in [2.05, 4.69) is 22.5 Å². The second-order valence-electron chi connectivity index (χ2n) is 4.25. The number of rotatable bonds is 7. The fourth-order valence-electron chi connectivity index (χ4n) is 1.76. The van der Waals surface area contributed by atoms with E-state index in [-0.39, 0.29) is 12.5 Å². The molecule has 0 spiro atoms. The van der Waals surface area contributed by atoms with Crippen LogP contribution in [0.15, 0.2) is 17.3 Å². The molecule has 6 heteroatoms. The van der Waals surface area contributed by atoms with Gasteiger partial charge in [-0.05, 0) is 12.5 Å². The highest BCUT2D eigenvalue weighted by Gasteiger charge is 2.13. The molecule has 6 nitrogen and oxygen atoms in total. The molecule has 0 unspecified atom stereocenters. The lowest BCUT2D eigenvalue weighted by Crippen LogP contribution is -2.27. The number of hydrogen-bond acceptors (Lipinski definition) is 3. The molecule has 1 rings (SSSR count). The van der Waals surface area contributed by atoms with E-state index in [4.69, 9.17) is 5.73 Å².